The lowest BCUT2D eigenvalue weighted by atomic mass is 9.93. The molecule has 7 rings (SSSR count). The van der Waals surface area contributed by atoms with Gasteiger partial charge in [-0.1, -0.05) is 97.1 Å². The maximum Gasteiger partial charge on any atom is 0.340 e. The van der Waals surface area contributed by atoms with Gasteiger partial charge in [-0.3, -0.25) is 0 Å². The van der Waals surface area contributed by atoms with Crippen molar-refractivity contribution < 1.29 is 42.7 Å². The molecule has 0 radical (unpaired) electrons. The zero-order valence-electron chi connectivity index (χ0n) is 31.5. The lowest BCUT2D eigenvalue weighted by Gasteiger charge is -2.29. The number of ether oxygens (including phenoxy) is 7. The predicted octanol–water partition coefficient (Wildman–Crippen LogP) is 9.62. The molecule has 0 saturated heterocycles. The molecule has 0 aliphatic carbocycles. The summed E-state index contributed by atoms with van der Waals surface area (Å²) in [7, 11) is 7.45. The molecule has 0 amide bonds. The number of hydrogen-bond acceptors (Lipinski definition) is 9. The van der Waals surface area contributed by atoms with Crippen LogP contribution in [0.4, 0.5) is 0 Å². The van der Waals surface area contributed by atoms with Gasteiger partial charge in [0, 0.05) is 37.0 Å². The van der Waals surface area contributed by atoms with Crippen molar-refractivity contribution in [3.05, 3.63) is 138 Å². The third-order valence-electron chi connectivity index (χ3n) is 10.1. The fraction of sp³-hybridized carbons (Fsp3) is 0.217. The van der Waals surface area contributed by atoms with Gasteiger partial charge in [-0.05, 0) is 68.2 Å². The molecule has 9 heteroatoms. The number of esters is 2. The maximum absolute atomic E-state index is 14.6. The molecule has 7 aromatic carbocycles. The zero-order chi connectivity index (χ0) is 38.6. The molecule has 0 saturated carbocycles. The average molecular weight is 739 g/mol. The number of carbonyl (C=O) groups excluding carboxylic acids is 2. The second-order valence-electron chi connectivity index (χ2n) is 13.1. The summed E-state index contributed by atoms with van der Waals surface area (Å²) in [5.41, 5.74) is 1.72. The molecule has 0 unspecified atom stereocenters. The van der Waals surface area contributed by atoms with Crippen molar-refractivity contribution >= 4 is 55.0 Å². The molecule has 7 aromatic rings. The Bertz CT molecular complexity index is 2420. The molecular formula is C46H42O9. The lowest BCUT2D eigenvalue weighted by molar-refractivity contribution is -0.180. The first kappa shape index (κ1) is 37.2. The third-order valence-corrected chi connectivity index (χ3v) is 10.1. The second kappa shape index (κ2) is 16.1. The summed E-state index contributed by atoms with van der Waals surface area (Å²) in [4.78, 5) is 29.0. The van der Waals surface area contributed by atoms with Crippen LogP contribution in [0.2, 0.25) is 0 Å². The van der Waals surface area contributed by atoms with E-state index in [0.717, 1.165) is 43.1 Å². The summed E-state index contributed by atoms with van der Waals surface area (Å²) in [6, 6.07) is 38.7. The predicted molar refractivity (Wildman–Crippen MR) is 213 cm³/mol. The van der Waals surface area contributed by atoms with Crippen molar-refractivity contribution in [2.24, 2.45) is 0 Å². The van der Waals surface area contributed by atoms with Crippen LogP contribution in [0.15, 0.2) is 121 Å². The van der Waals surface area contributed by atoms with Crippen molar-refractivity contribution in [1.82, 2.24) is 0 Å². The Hall–Kier alpha value is -6.16. The van der Waals surface area contributed by atoms with Gasteiger partial charge in [0.2, 0.25) is 0 Å². The highest BCUT2D eigenvalue weighted by Gasteiger charge is 2.37. The number of fused-ring (bicyclic) bond motifs is 4. The molecular weight excluding hydrogens is 696 g/mol. The van der Waals surface area contributed by atoms with E-state index in [1.54, 1.807) is 19.1 Å². The van der Waals surface area contributed by atoms with Gasteiger partial charge in [0.05, 0.1) is 21.3 Å². The molecule has 0 heterocycles. The number of benzene rings is 7. The minimum atomic E-state index is -1.20. The minimum absolute atomic E-state index is 0.325. The van der Waals surface area contributed by atoms with Gasteiger partial charge in [-0.25, -0.2) is 9.59 Å². The van der Waals surface area contributed by atoms with E-state index in [4.69, 9.17) is 33.2 Å². The first-order valence-electron chi connectivity index (χ1n) is 17.9. The zero-order valence-corrected chi connectivity index (χ0v) is 31.5. The van der Waals surface area contributed by atoms with Crippen LogP contribution in [0.1, 0.15) is 41.9 Å². The monoisotopic (exact) mass is 738 g/mol. The number of rotatable bonds is 13. The van der Waals surface area contributed by atoms with E-state index in [0.29, 0.717) is 33.9 Å². The highest BCUT2D eigenvalue weighted by Crippen LogP contribution is 2.43. The maximum atomic E-state index is 14.6. The van der Waals surface area contributed by atoms with E-state index in [2.05, 4.69) is 12.1 Å². The molecule has 55 heavy (non-hydrogen) atoms. The van der Waals surface area contributed by atoms with Crippen LogP contribution in [-0.2, 0) is 28.5 Å². The first-order chi connectivity index (χ1) is 26.8. The fourth-order valence-electron chi connectivity index (χ4n) is 7.51. The molecule has 0 fully saturated rings. The largest absolute Gasteiger partial charge is 0.496 e. The van der Waals surface area contributed by atoms with Gasteiger partial charge in [-0.15, -0.1) is 0 Å². The first-order valence-corrected chi connectivity index (χ1v) is 17.9. The molecule has 0 aliphatic rings. The van der Waals surface area contributed by atoms with Gasteiger partial charge in [-0.2, -0.15) is 0 Å². The number of hydrogen-bond donors (Lipinski definition) is 0. The topological polar surface area (TPSA) is 98.8 Å². The number of carbonyl (C=O) groups is 2. The normalized spacial score (nSPS) is 13.6. The molecule has 0 N–H and O–H groups in total. The Labute approximate surface area is 319 Å². The smallest absolute Gasteiger partial charge is 0.340 e. The Kier molecular flexibility index (Phi) is 10.9. The summed E-state index contributed by atoms with van der Waals surface area (Å²) in [5.74, 6) is -0.279. The van der Waals surface area contributed by atoms with Crippen molar-refractivity contribution in [2.75, 3.05) is 35.5 Å². The van der Waals surface area contributed by atoms with E-state index in [9.17, 15) is 9.59 Å². The van der Waals surface area contributed by atoms with Crippen molar-refractivity contribution in [3.8, 4) is 17.2 Å². The van der Waals surface area contributed by atoms with Gasteiger partial charge >= 0.3 is 11.9 Å². The van der Waals surface area contributed by atoms with Gasteiger partial charge in [0.25, 0.3) is 0 Å². The minimum Gasteiger partial charge on any atom is -0.496 e. The van der Waals surface area contributed by atoms with E-state index in [1.165, 1.54) is 35.5 Å². The third kappa shape index (κ3) is 7.00. The van der Waals surface area contributed by atoms with E-state index in [1.807, 2.05) is 97.1 Å². The van der Waals surface area contributed by atoms with E-state index >= 15 is 0 Å². The molecule has 0 aromatic heterocycles. The van der Waals surface area contributed by atoms with Crippen molar-refractivity contribution in [3.63, 3.8) is 0 Å². The van der Waals surface area contributed by atoms with Gasteiger partial charge in [0.1, 0.15) is 11.9 Å². The standard InChI is InChI=1S/C46H42O9/c1-27(54-45(47)43(52-5)40-32-19-11-7-15-28(32)23-29-16-8-12-20-33(29)40)42(36-25-38(50-3)39(51-4)26-37(36)49-2)55-46(48)44(53-6)41-34-21-13-9-17-30(34)24-31-18-10-14-22-35(31)41/h7-27,42-44H,1-6H3/t27-,42+,43-,44-/m0/s1. The SMILES string of the molecule is COc1cc(OC)c([C@H](OC(=O)[C@@H](OC)c2c3ccccc3cc3ccccc23)[C@H](C)OC(=O)[C@@H](OC)c2c3ccccc3cc3ccccc23)cc1OC. The van der Waals surface area contributed by atoms with Crippen LogP contribution in [0.5, 0.6) is 17.2 Å². The summed E-state index contributed by atoms with van der Waals surface area (Å²) < 4.78 is 41.6. The van der Waals surface area contributed by atoms with Crippen LogP contribution in [0, 0.1) is 0 Å². The molecule has 0 bridgehead atoms. The summed E-state index contributed by atoms with van der Waals surface area (Å²) in [6.07, 6.45) is -4.53. The van der Waals surface area contributed by atoms with Crippen LogP contribution >= 0.6 is 0 Å². The molecule has 4 atom stereocenters. The Morgan fingerprint density at radius 1 is 0.455 bits per heavy atom. The lowest BCUT2D eigenvalue weighted by Crippen LogP contribution is -2.31. The summed E-state index contributed by atoms with van der Waals surface area (Å²) in [6.45, 7) is 1.66. The molecule has 9 nitrogen and oxygen atoms in total. The van der Waals surface area contributed by atoms with Crippen LogP contribution in [-0.4, -0.2) is 53.6 Å². The Balaban J connectivity index is 1.31. The van der Waals surface area contributed by atoms with Crippen LogP contribution in [0.3, 0.4) is 0 Å². The highest BCUT2D eigenvalue weighted by molar-refractivity contribution is 6.06. The van der Waals surface area contributed by atoms with Crippen LogP contribution in [0.25, 0.3) is 43.1 Å². The molecule has 0 aliphatic heterocycles. The van der Waals surface area contributed by atoms with Gasteiger partial charge in [0.15, 0.2) is 29.8 Å². The summed E-state index contributed by atoms with van der Waals surface area (Å²) >= 11 is 0. The fourth-order valence-corrected chi connectivity index (χ4v) is 7.51. The van der Waals surface area contributed by atoms with Crippen LogP contribution < -0.4 is 14.2 Å². The van der Waals surface area contributed by atoms with E-state index in [-0.39, 0.29) is 0 Å². The quantitative estimate of drug-likeness (QED) is 0.0846. The highest BCUT2D eigenvalue weighted by atomic mass is 16.6. The van der Waals surface area contributed by atoms with Crippen molar-refractivity contribution in [1.29, 1.82) is 0 Å². The molecule has 0 spiro atoms. The number of methoxy groups -OCH3 is 5. The Morgan fingerprint density at radius 3 is 1.20 bits per heavy atom. The summed E-state index contributed by atoms with van der Waals surface area (Å²) in [5, 5.41) is 7.18. The second-order valence-corrected chi connectivity index (χ2v) is 13.1. The van der Waals surface area contributed by atoms with Gasteiger partial charge < -0.3 is 33.2 Å². The average Bonchev–Trinajstić information content (AvgIpc) is 3.22. The Morgan fingerprint density at radius 2 is 0.818 bits per heavy atom. The van der Waals surface area contributed by atoms with Crippen molar-refractivity contribution in [2.45, 2.75) is 31.3 Å². The van der Waals surface area contributed by atoms with E-state index < -0.39 is 36.4 Å². The molecule has 280 valence electrons.